The molecule has 0 heterocycles. The number of hydrogen-bond donors (Lipinski definition) is 4. The van der Waals surface area contributed by atoms with Crippen LogP contribution >= 0.6 is 0 Å². The van der Waals surface area contributed by atoms with E-state index in [4.69, 9.17) is 35.5 Å². The van der Waals surface area contributed by atoms with Crippen molar-refractivity contribution in [3.63, 3.8) is 0 Å². The summed E-state index contributed by atoms with van der Waals surface area (Å²) in [7, 11) is 0. The fourth-order valence-corrected chi connectivity index (χ4v) is 4.42. The summed E-state index contributed by atoms with van der Waals surface area (Å²) in [6.45, 7) is 5.15. The molecule has 0 radical (unpaired) electrons. The highest BCUT2D eigenvalue weighted by Crippen LogP contribution is 2.29. The van der Waals surface area contributed by atoms with Crippen LogP contribution in [0.1, 0.15) is 81.1 Å². The Morgan fingerprint density at radius 1 is 0.872 bits per heavy atom. The van der Waals surface area contributed by atoms with E-state index in [0.717, 1.165) is 44.9 Å². The summed E-state index contributed by atoms with van der Waals surface area (Å²) in [5.41, 5.74) is 7.14. The molecule has 3 rings (SSSR count). The van der Waals surface area contributed by atoms with E-state index >= 15 is 0 Å². The van der Waals surface area contributed by atoms with Crippen molar-refractivity contribution in [1.29, 1.82) is 10.8 Å². The third-order valence-electron chi connectivity index (χ3n) is 6.53. The Labute approximate surface area is 231 Å². The predicted molar refractivity (Wildman–Crippen MR) is 152 cm³/mol. The van der Waals surface area contributed by atoms with Gasteiger partial charge < -0.3 is 30.0 Å². The van der Waals surface area contributed by atoms with Crippen molar-refractivity contribution in [2.24, 2.45) is 5.73 Å². The fourth-order valence-electron chi connectivity index (χ4n) is 4.42. The lowest BCUT2D eigenvalue weighted by molar-refractivity contribution is 0.0925. The molecule has 0 atom stereocenters. The summed E-state index contributed by atoms with van der Waals surface area (Å²) in [6, 6.07) is 12.6. The van der Waals surface area contributed by atoms with Gasteiger partial charge in [-0.2, -0.15) is 0 Å². The normalized spacial score (nSPS) is 16.7. The second-order valence-corrected chi connectivity index (χ2v) is 9.68. The van der Waals surface area contributed by atoms with Gasteiger partial charge in [-0.1, -0.05) is 0 Å². The zero-order valence-corrected chi connectivity index (χ0v) is 23.1. The molecule has 0 saturated heterocycles. The standard InChI is InChI=1S/C30H42N4O5/c1-3-36-28(32)8-6-5-7-17-38-26-18-22(30(35)34-24-13-11-23(31)12-14-24)19-27(20-26)39-25-15-9-21(10-16-25)29(33)37-4-2/h9-10,15-16,18-20,23-24,32-33H,3-8,11-14,17,31H2,1-2H3,(H,34,35). The number of nitrogens with two attached hydrogens (primary N) is 1. The van der Waals surface area contributed by atoms with Crippen LogP contribution in [0.25, 0.3) is 0 Å². The Morgan fingerprint density at radius 3 is 2.26 bits per heavy atom. The third-order valence-corrected chi connectivity index (χ3v) is 6.53. The van der Waals surface area contributed by atoms with Gasteiger partial charge in [-0.25, -0.2) is 0 Å². The van der Waals surface area contributed by atoms with Crippen LogP contribution in [0.4, 0.5) is 0 Å². The Balaban J connectivity index is 1.66. The van der Waals surface area contributed by atoms with Crippen molar-refractivity contribution >= 4 is 17.7 Å². The molecule has 0 spiro atoms. The first-order chi connectivity index (χ1) is 18.9. The molecular weight excluding hydrogens is 496 g/mol. The monoisotopic (exact) mass is 538 g/mol. The quantitative estimate of drug-likeness (QED) is 0.136. The topological polar surface area (TPSA) is 140 Å². The van der Waals surface area contributed by atoms with E-state index in [1.54, 1.807) is 42.5 Å². The maximum Gasteiger partial charge on any atom is 0.251 e. The minimum Gasteiger partial charge on any atom is -0.493 e. The lowest BCUT2D eigenvalue weighted by atomic mass is 9.91. The van der Waals surface area contributed by atoms with Crippen LogP contribution in [0.3, 0.4) is 0 Å². The summed E-state index contributed by atoms with van der Waals surface area (Å²) in [5.74, 6) is 1.88. The summed E-state index contributed by atoms with van der Waals surface area (Å²) in [6.07, 6.45) is 6.77. The molecule has 212 valence electrons. The summed E-state index contributed by atoms with van der Waals surface area (Å²) < 4.78 is 22.5. The molecule has 1 aliphatic rings. The van der Waals surface area contributed by atoms with Crippen LogP contribution in [0.15, 0.2) is 42.5 Å². The second kappa shape index (κ2) is 15.7. The zero-order chi connectivity index (χ0) is 28.0. The van der Waals surface area contributed by atoms with Crippen LogP contribution in [0.5, 0.6) is 17.2 Å². The molecule has 1 aliphatic carbocycles. The molecule has 1 amide bonds. The maximum absolute atomic E-state index is 13.1. The van der Waals surface area contributed by atoms with Crippen molar-refractivity contribution in [2.75, 3.05) is 19.8 Å². The number of ether oxygens (including phenoxy) is 4. The molecule has 39 heavy (non-hydrogen) atoms. The Morgan fingerprint density at radius 2 is 1.56 bits per heavy atom. The minimum absolute atomic E-state index is 0.106. The lowest BCUT2D eigenvalue weighted by Crippen LogP contribution is -2.40. The van der Waals surface area contributed by atoms with Crippen molar-refractivity contribution in [2.45, 2.75) is 77.3 Å². The molecule has 1 saturated carbocycles. The molecule has 5 N–H and O–H groups in total. The van der Waals surface area contributed by atoms with E-state index in [1.807, 2.05) is 13.8 Å². The molecule has 9 heteroatoms. The number of carbonyl (C=O) groups excluding carboxylic acids is 1. The molecule has 0 bridgehead atoms. The highest BCUT2D eigenvalue weighted by atomic mass is 16.5. The highest BCUT2D eigenvalue weighted by Gasteiger charge is 2.21. The van der Waals surface area contributed by atoms with Crippen LogP contribution in [-0.4, -0.2) is 49.6 Å². The third kappa shape index (κ3) is 10.2. The van der Waals surface area contributed by atoms with Gasteiger partial charge in [-0.15, -0.1) is 0 Å². The number of rotatable bonds is 14. The van der Waals surface area contributed by atoms with Gasteiger partial charge >= 0.3 is 0 Å². The van der Waals surface area contributed by atoms with E-state index in [-0.39, 0.29) is 23.9 Å². The number of unbranched alkanes of at least 4 members (excludes halogenated alkanes) is 2. The SMILES string of the molecule is CCOC(=N)CCCCCOc1cc(Oc2ccc(C(=N)OCC)cc2)cc(C(=O)NC2CCC(N)CC2)c1. The van der Waals surface area contributed by atoms with Gasteiger partial charge in [0.25, 0.3) is 5.91 Å². The van der Waals surface area contributed by atoms with Gasteiger partial charge in [0.1, 0.15) is 17.2 Å². The first-order valence-electron chi connectivity index (χ1n) is 13.9. The molecule has 2 aromatic rings. The summed E-state index contributed by atoms with van der Waals surface area (Å²) >= 11 is 0. The van der Waals surface area contributed by atoms with Gasteiger partial charge in [-0.3, -0.25) is 15.6 Å². The van der Waals surface area contributed by atoms with Crippen LogP contribution in [0.2, 0.25) is 0 Å². The van der Waals surface area contributed by atoms with E-state index < -0.39 is 0 Å². The highest BCUT2D eigenvalue weighted by molar-refractivity contribution is 5.95. The van der Waals surface area contributed by atoms with Crippen molar-refractivity contribution in [3.8, 4) is 17.2 Å². The van der Waals surface area contributed by atoms with Crippen LogP contribution in [0, 0.1) is 10.8 Å². The fraction of sp³-hybridized carbons (Fsp3) is 0.500. The van der Waals surface area contributed by atoms with Gasteiger partial charge in [-0.05, 0) is 95.2 Å². The predicted octanol–water partition coefficient (Wildman–Crippen LogP) is 5.79. The second-order valence-electron chi connectivity index (χ2n) is 9.68. The average molecular weight is 539 g/mol. The molecule has 0 unspecified atom stereocenters. The van der Waals surface area contributed by atoms with Crippen LogP contribution < -0.4 is 20.5 Å². The molecule has 0 aromatic heterocycles. The van der Waals surface area contributed by atoms with E-state index in [2.05, 4.69) is 5.32 Å². The zero-order valence-electron chi connectivity index (χ0n) is 23.1. The number of carbonyl (C=O) groups is 1. The number of benzene rings is 2. The lowest BCUT2D eigenvalue weighted by Gasteiger charge is -2.26. The van der Waals surface area contributed by atoms with Gasteiger partial charge in [0.05, 0.1) is 19.8 Å². The first-order valence-corrected chi connectivity index (χ1v) is 13.9. The molecule has 9 nitrogen and oxygen atoms in total. The number of nitrogens with one attached hydrogen (secondary N) is 3. The largest absolute Gasteiger partial charge is 0.493 e. The Bertz CT molecular complexity index is 1080. The van der Waals surface area contributed by atoms with E-state index in [1.165, 1.54) is 0 Å². The van der Waals surface area contributed by atoms with E-state index in [9.17, 15) is 4.79 Å². The van der Waals surface area contributed by atoms with Crippen molar-refractivity contribution in [3.05, 3.63) is 53.6 Å². The Kier molecular flexibility index (Phi) is 12.1. The van der Waals surface area contributed by atoms with Crippen LogP contribution in [-0.2, 0) is 9.47 Å². The van der Waals surface area contributed by atoms with Crippen molar-refractivity contribution < 1.29 is 23.7 Å². The Hall–Kier alpha value is -3.59. The van der Waals surface area contributed by atoms with Crippen molar-refractivity contribution in [1.82, 2.24) is 5.32 Å². The van der Waals surface area contributed by atoms with Gasteiger partial charge in [0, 0.05) is 35.7 Å². The van der Waals surface area contributed by atoms with Gasteiger partial charge in [0.2, 0.25) is 5.90 Å². The molecule has 2 aromatic carbocycles. The summed E-state index contributed by atoms with van der Waals surface area (Å²) in [4.78, 5) is 13.1. The molecule has 0 aliphatic heterocycles. The number of hydrogen-bond acceptors (Lipinski definition) is 8. The number of amides is 1. The minimum atomic E-state index is -0.166. The van der Waals surface area contributed by atoms with Gasteiger partial charge in [0.15, 0.2) is 5.90 Å². The van der Waals surface area contributed by atoms with E-state index in [0.29, 0.717) is 60.5 Å². The first kappa shape index (κ1) is 30.0. The smallest absolute Gasteiger partial charge is 0.251 e. The summed E-state index contributed by atoms with van der Waals surface area (Å²) in [5, 5.41) is 18.8. The maximum atomic E-state index is 13.1. The molecule has 1 fully saturated rings. The average Bonchev–Trinajstić information content (AvgIpc) is 2.92. The molecular formula is C30H42N4O5.